The zero-order valence-corrected chi connectivity index (χ0v) is 11.7. The molecule has 0 aromatic carbocycles. The first-order chi connectivity index (χ1) is 7.14. The third-order valence-electron chi connectivity index (χ3n) is 3.36. The lowest BCUT2D eigenvalue weighted by Gasteiger charge is -2.23. The normalized spacial score (nSPS) is 20.2. The lowest BCUT2D eigenvalue weighted by Crippen LogP contribution is -2.37. The van der Waals surface area contributed by atoms with Gasteiger partial charge in [0.05, 0.1) is 3.79 Å². The van der Waals surface area contributed by atoms with Gasteiger partial charge in [-0.05, 0) is 59.3 Å². The summed E-state index contributed by atoms with van der Waals surface area (Å²) in [6.07, 6.45) is 3.95. The van der Waals surface area contributed by atoms with Crippen LogP contribution in [-0.2, 0) is 6.42 Å². The molecule has 84 valence electrons. The second kappa shape index (κ2) is 4.56. The van der Waals surface area contributed by atoms with Crippen molar-refractivity contribution in [3.63, 3.8) is 0 Å². The van der Waals surface area contributed by atoms with Gasteiger partial charge in [-0.2, -0.15) is 0 Å². The van der Waals surface area contributed by atoms with Gasteiger partial charge in [-0.25, -0.2) is 0 Å². The Balaban J connectivity index is 2.00. The fourth-order valence-electron chi connectivity index (χ4n) is 2.02. The van der Waals surface area contributed by atoms with Crippen molar-refractivity contribution in [3.05, 3.63) is 20.8 Å². The number of hydrogen-bond donors (Lipinski definition) is 1. The third-order valence-corrected chi connectivity index (χ3v) is 5.01. The topological polar surface area (TPSA) is 12.0 Å². The van der Waals surface area contributed by atoms with E-state index < -0.39 is 0 Å². The Bertz CT molecular complexity index is 330. The smallest absolute Gasteiger partial charge is 0.0701 e. The molecule has 1 saturated carbocycles. The zero-order chi connectivity index (χ0) is 10.9. The summed E-state index contributed by atoms with van der Waals surface area (Å²) in [5.41, 5.74) is 0.562. The van der Waals surface area contributed by atoms with Crippen LogP contribution in [-0.4, -0.2) is 12.6 Å². The van der Waals surface area contributed by atoms with Crippen LogP contribution in [0.25, 0.3) is 0 Å². The summed E-state index contributed by atoms with van der Waals surface area (Å²) in [4.78, 5) is 1.49. The van der Waals surface area contributed by atoms with E-state index in [0.717, 1.165) is 6.54 Å². The Morgan fingerprint density at radius 3 is 2.73 bits per heavy atom. The number of halogens is 1. The van der Waals surface area contributed by atoms with Gasteiger partial charge in [0.15, 0.2) is 0 Å². The van der Waals surface area contributed by atoms with Gasteiger partial charge < -0.3 is 5.32 Å². The Kier molecular flexibility index (Phi) is 3.53. The summed E-state index contributed by atoms with van der Waals surface area (Å²) in [7, 11) is 0. The van der Waals surface area contributed by atoms with Gasteiger partial charge in [0.25, 0.3) is 0 Å². The second-order valence-electron chi connectivity index (χ2n) is 4.67. The molecule has 1 N–H and O–H groups in total. The van der Waals surface area contributed by atoms with Gasteiger partial charge in [0, 0.05) is 10.9 Å². The standard InChI is InChI=1S/C12H18BrNS/c1-3-14-10(12(2)6-7-12)8-9-4-5-11(13)15-9/h4-5,10,14H,3,6-8H2,1-2H3. The monoisotopic (exact) mass is 287 g/mol. The van der Waals surface area contributed by atoms with Gasteiger partial charge >= 0.3 is 0 Å². The van der Waals surface area contributed by atoms with E-state index in [0.29, 0.717) is 11.5 Å². The third kappa shape index (κ3) is 2.83. The van der Waals surface area contributed by atoms with E-state index in [2.05, 4.69) is 47.2 Å². The second-order valence-corrected chi connectivity index (χ2v) is 7.22. The molecule has 1 aliphatic carbocycles. The van der Waals surface area contributed by atoms with Crippen molar-refractivity contribution in [1.29, 1.82) is 0 Å². The van der Waals surface area contributed by atoms with Crippen LogP contribution in [0.4, 0.5) is 0 Å². The highest BCUT2D eigenvalue weighted by Gasteiger charge is 2.44. The average Bonchev–Trinajstić information content (AvgIpc) is 2.81. The molecule has 2 rings (SSSR count). The van der Waals surface area contributed by atoms with Crippen LogP contribution in [0.2, 0.25) is 0 Å². The molecule has 1 unspecified atom stereocenters. The highest BCUT2D eigenvalue weighted by molar-refractivity contribution is 9.11. The van der Waals surface area contributed by atoms with E-state index in [1.807, 2.05) is 11.3 Å². The SMILES string of the molecule is CCNC(Cc1ccc(Br)s1)C1(C)CC1. The fourth-order valence-corrected chi connectivity index (χ4v) is 3.55. The number of rotatable bonds is 5. The van der Waals surface area contributed by atoms with Crippen molar-refractivity contribution in [2.75, 3.05) is 6.54 Å². The molecule has 0 saturated heterocycles. The van der Waals surface area contributed by atoms with Crippen LogP contribution in [0, 0.1) is 5.41 Å². The van der Waals surface area contributed by atoms with E-state index in [1.54, 1.807) is 0 Å². The molecule has 1 aliphatic rings. The number of nitrogens with one attached hydrogen (secondary N) is 1. The molecular weight excluding hydrogens is 270 g/mol. The van der Waals surface area contributed by atoms with Crippen molar-refractivity contribution in [2.45, 2.75) is 39.2 Å². The molecule has 0 spiro atoms. The van der Waals surface area contributed by atoms with E-state index >= 15 is 0 Å². The fraction of sp³-hybridized carbons (Fsp3) is 0.667. The molecule has 1 nitrogen and oxygen atoms in total. The number of thiophene rings is 1. The van der Waals surface area contributed by atoms with Crippen LogP contribution >= 0.6 is 27.3 Å². The van der Waals surface area contributed by atoms with Crippen molar-refractivity contribution in [2.24, 2.45) is 5.41 Å². The summed E-state index contributed by atoms with van der Waals surface area (Å²) in [6, 6.07) is 5.05. The lowest BCUT2D eigenvalue weighted by atomic mass is 9.95. The summed E-state index contributed by atoms with van der Waals surface area (Å²) < 4.78 is 1.24. The molecule has 1 atom stereocenters. The molecular formula is C12H18BrNS. The molecule has 1 heterocycles. The van der Waals surface area contributed by atoms with Gasteiger partial charge in [-0.15, -0.1) is 11.3 Å². The summed E-state index contributed by atoms with van der Waals surface area (Å²) in [6.45, 7) is 5.68. The van der Waals surface area contributed by atoms with E-state index in [1.165, 1.54) is 27.9 Å². The molecule has 0 amide bonds. The first kappa shape index (κ1) is 11.6. The van der Waals surface area contributed by atoms with Gasteiger partial charge in [-0.3, -0.25) is 0 Å². The van der Waals surface area contributed by atoms with Crippen molar-refractivity contribution in [1.82, 2.24) is 5.32 Å². The van der Waals surface area contributed by atoms with Crippen LogP contribution in [0.5, 0.6) is 0 Å². The first-order valence-electron chi connectivity index (χ1n) is 5.61. The summed E-state index contributed by atoms with van der Waals surface area (Å²) >= 11 is 5.39. The Labute approximate surface area is 104 Å². The highest BCUT2D eigenvalue weighted by atomic mass is 79.9. The zero-order valence-electron chi connectivity index (χ0n) is 9.35. The van der Waals surface area contributed by atoms with Crippen molar-refractivity contribution < 1.29 is 0 Å². The summed E-state index contributed by atoms with van der Waals surface area (Å²) in [5.74, 6) is 0. The lowest BCUT2D eigenvalue weighted by molar-refractivity contribution is 0.362. The molecule has 0 radical (unpaired) electrons. The van der Waals surface area contributed by atoms with Crippen LogP contribution in [0.3, 0.4) is 0 Å². The quantitative estimate of drug-likeness (QED) is 0.868. The van der Waals surface area contributed by atoms with E-state index in [-0.39, 0.29) is 0 Å². The van der Waals surface area contributed by atoms with E-state index in [4.69, 9.17) is 0 Å². The summed E-state index contributed by atoms with van der Waals surface area (Å²) in [5, 5.41) is 3.63. The van der Waals surface area contributed by atoms with Gasteiger partial charge in [-0.1, -0.05) is 13.8 Å². The van der Waals surface area contributed by atoms with Gasteiger partial charge in [0.2, 0.25) is 0 Å². The van der Waals surface area contributed by atoms with Crippen molar-refractivity contribution in [3.8, 4) is 0 Å². The minimum atomic E-state index is 0.562. The molecule has 1 aromatic heterocycles. The minimum absolute atomic E-state index is 0.562. The Morgan fingerprint density at radius 1 is 1.53 bits per heavy atom. The predicted molar refractivity (Wildman–Crippen MR) is 70.5 cm³/mol. The molecule has 1 aromatic rings. The molecule has 15 heavy (non-hydrogen) atoms. The highest BCUT2D eigenvalue weighted by Crippen LogP contribution is 2.49. The molecule has 1 fully saturated rings. The minimum Gasteiger partial charge on any atom is -0.313 e. The molecule has 0 aliphatic heterocycles. The maximum Gasteiger partial charge on any atom is 0.0701 e. The van der Waals surface area contributed by atoms with E-state index in [9.17, 15) is 0 Å². The maximum atomic E-state index is 3.63. The first-order valence-corrected chi connectivity index (χ1v) is 7.22. The van der Waals surface area contributed by atoms with Crippen molar-refractivity contribution >= 4 is 27.3 Å². The predicted octanol–water partition coefficient (Wildman–Crippen LogP) is 3.83. The van der Waals surface area contributed by atoms with Crippen LogP contribution in [0.15, 0.2) is 15.9 Å². The van der Waals surface area contributed by atoms with Crippen LogP contribution < -0.4 is 5.32 Å². The Hall–Kier alpha value is 0.140. The number of hydrogen-bond acceptors (Lipinski definition) is 2. The number of likely N-dealkylation sites (N-methyl/N-ethyl adjacent to an activating group) is 1. The Morgan fingerprint density at radius 2 is 2.27 bits per heavy atom. The van der Waals surface area contributed by atoms with Gasteiger partial charge in [0.1, 0.15) is 0 Å². The van der Waals surface area contributed by atoms with Crippen LogP contribution in [0.1, 0.15) is 31.6 Å². The maximum absolute atomic E-state index is 3.63. The average molecular weight is 288 g/mol. The largest absolute Gasteiger partial charge is 0.313 e. The molecule has 3 heteroatoms. The molecule has 0 bridgehead atoms.